The monoisotopic (exact) mass is 233 g/mol. The molecule has 2 heterocycles. The molecule has 2 rings (SSSR count). The van der Waals surface area contributed by atoms with Crippen LogP contribution >= 0.6 is 11.8 Å². The average Bonchev–Trinajstić information content (AvgIpc) is 2.63. The van der Waals surface area contributed by atoms with Crippen LogP contribution in [-0.2, 0) is 0 Å². The molecular formula is C9H7N5OS. The third-order valence-electron chi connectivity index (χ3n) is 1.63. The minimum Gasteiger partial charge on any atom is -0.416 e. The van der Waals surface area contributed by atoms with Gasteiger partial charge >= 0.3 is 0 Å². The third kappa shape index (κ3) is 2.35. The molecule has 7 heteroatoms. The lowest BCUT2D eigenvalue weighted by Gasteiger charge is -1.97. The molecule has 0 radical (unpaired) electrons. The van der Waals surface area contributed by atoms with Crippen LogP contribution < -0.4 is 0 Å². The van der Waals surface area contributed by atoms with Gasteiger partial charge in [0.1, 0.15) is 11.8 Å². The smallest absolute Gasteiger partial charge is 0.284 e. The summed E-state index contributed by atoms with van der Waals surface area (Å²) in [5.41, 5.74) is 1.05. The van der Waals surface area contributed by atoms with E-state index < -0.39 is 0 Å². The van der Waals surface area contributed by atoms with Crippen molar-refractivity contribution in [3.05, 3.63) is 23.3 Å². The summed E-state index contributed by atoms with van der Waals surface area (Å²) in [5.74, 6) is 0.482. The zero-order chi connectivity index (χ0) is 11.5. The molecule has 0 amide bonds. The summed E-state index contributed by atoms with van der Waals surface area (Å²) < 4.78 is 5.18. The lowest BCUT2D eigenvalue weighted by Crippen LogP contribution is -1.93. The van der Waals surface area contributed by atoms with Gasteiger partial charge in [0.2, 0.25) is 5.89 Å². The van der Waals surface area contributed by atoms with Gasteiger partial charge in [-0.25, -0.2) is 9.97 Å². The Labute approximate surface area is 95.7 Å². The van der Waals surface area contributed by atoms with Crippen molar-refractivity contribution < 1.29 is 4.42 Å². The van der Waals surface area contributed by atoms with E-state index in [1.165, 1.54) is 0 Å². The van der Waals surface area contributed by atoms with Crippen molar-refractivity contribution >= 4 is 11.8 Å². The average molecular weight is 233 g/mol. The van der Waals surface area contributed by atoms with Crippen LogP contribution in [0.25, 0.3) is 0 Å². The van der Waals surface area contributed by atoms with Gasteiger partial charge in [0.25, 0.3) is 5.22 Å². The Bertz CT molecular complexity index is 559. The van der Waals surface area contributed by atoms with Gasteiger partial charge in [-0.3, -0.25) is 0 Å². The second-order valence-corrected chi connectivity index (χ2v) is 3.90. The van der Waals surface area contributed by atoms with Crippen molar-refractivity contribution in [1.29, 1.82) is 5.26 Å². The fourth-order valence-corrected chi connectivity index (χ4v) is 1.78. The van der Waals surface area contributed by atoms with Gasteiger partial charge in [-0.05, 0) is 13.0 Å². The molecule has 0 N–H and O–H groups in total. The molecular weight excluding hydrogens is 226 g/mol. The maximum Gasteiger partial charge on any atom is 0.284 e. The normalized spacial score (nSPS) is 10.1. The van der Waals surface area contributed by atoms with E-state index in [4.69, 9.17) is 9.68 Å². The van der Waals surface area contributed by atoms with Crippen molar-refractivity contribution in [2.45, 2.75) is 24.2 Å². The molecule has 0 saturated heterocycles. The van der Waals surface area contributed by atoms with E-state index in [9.17, 15) is 0 Å². The molecule has 2 aromatic rings. The lowest BCUT2D eigenvalue weighted by molar-refractivity contribution is 0.429. The largest absolute Gasteiger partial charge is 0.416 e. The Balaban J connectivity index is 2.28. The van der Waals surface area contributed by atoms with Crippen LogP contribution in [0.1, 0.15) is 17.3 Å². The zero-order valence-corrected chi connectivity index (χ0v) is 9.45. The summed E-state index contributed by atoms with van der Waals surface area (Å²) in [6.45, 7) is 3.50. The number of hydrogen-bond donors (Lipinski definition) is 0. The van der Waals surface area contributed by atoms with Crippen molar-refractivity contribution in [3.8, 4) is 6.07 Å². The number of hydrogen-bond acceptors (Lipinski definition) is 7. The molecule has 6 nitrogen and oxygen atoms in total. The molecule has 0 fully saturated rings. The summed E-state index contributed by atoms with van der Waals surface area (Å²) in [4.78, 5) is 8.18. The second-order valence-electron chi connectivity index (χ2n) is 2.98. The standard InChI is InChI=1S/C9H7N5OS/c1-5-3-7(4-10)12-8(11-5)16-9-14-13-6(2)15-9/h3H,1-2H3. The molecule has 0 aliphatic heterocycles. The molecule has 0 saturated carbocycles. The van der Waals surface area contributed by atoms with Crippen LogP contribution in [-0.4, -0.2) is 20.2 Å². The summed E-state index contributed by atoms with van der Waals surface area (Å²) in [6, 6.07) is 3.58. The first-order valence-electron chi connectivity index (χ1n) is 4.41. The van der Waals surface area contributed by atoms with E-state index >= 15 is 0 Å². The maximum atomic E-state index is 8.76. The molecule has 0 bridgehead atoms. The quantitative estimate of drug-likeness (QED) is 0.726. The van der Waals surface area contributed by atoms with Crippen molar-refractivity contribution in [3.63, 3.8) is 0 Å². The Hall–Kier alpha value is -1.94. The molecule has 0 aromatic carbocycles. The highest BCUT2D eigenvalue weighted by atomic mass is 32.2. The molecule has 16 heavy (non-hydrogen) atoms. The fourth-order valence-electron chi connectivity index (χ4n) is 1.04. The highest BCUT2D eigenvalue weighted by molar-refractivity contribution is 7.98. The van der Waals surface area contributed by atoms with Gasteiger partial charge in [-0.1, -0.05) is 0 Å². The summed E-state index contributed by atoms with van der Waals surface area (Å²) in [6.07, 6.45) is 0. The highest BCUT2D eigenvalue weighted by Gasteiger charge is 2.09. The fraction of sp³-hybridized carbons (Fsp3) is 0.222. The first-order valence-corrected chi connectivity index (χ1v) is 5.23. The summed E-state index contributed by atoms with van der Waals surface area (Å²) in [5, 5.41) is 17.1. The van der Waals surface area contributed by atoms with E-state index in [0.29, 0.717) is 22.0 Å². The number of aromatic nitrogens is 4. The zero-order valence-electron chi connectivity index (χ0n) is 8.63. The van der Waals surface area contributed by atoms with Gasteiger partial charge in [0.15, 0.2) is 5.16 Å². The Morgan fingerprint density at radius 3 is 2.75 bits per heavy atom. The number of nitrogens with zero attached hydrogens (tertiary/aromatic N) is 5. The topological polar surface area (TPSA) is 88.5 Å². The van der Waals surface area contributed by atoms with Crippen LogP contribution in [0.3, 0.4) is 0 Å². The minimum atomic E-state index is 0.325. The Morgan fingerprint density at radius 2 is 2.12 bits per heavy atom. The molecule has 80 valence electrons. The minimum absolute atomic E-state index is 0.325. The Kier molecular flexibility index (Phi) is 2.83. The summed E-state index contributed by atoms with van der Waals surface area (Å²) in [7, 11) is 0. The Morgan fingerprint density at radius 1 is 1.31 bits per heavy atom. The van der Waals surface area contributed by atoms with Gasteiger partial charge in [-0.15, -0.1) is 10.2 Å². The van der Waals surface area contributed by atoms with E-state index in [-0.39, 0.29) is 0 Å². The number of aryl methyl sites for hydroxylation is 2. The first kappa shape index (κ1) is 10.6. The molecule has 2 aromatic heterocycles. The number of rotatable bonds is 2. The predicted molar refractivity (Wildman–Crippen MR) is 54.6 cm³/mol. The number of nitriles is 1. The van der Waals surface area contributed by atoms with Crippen LogP contribution in [0, 0.1) is 25.2 Å². The van der Waals surface area contributed by atoms with E-state index in [2.05, 4.69) is 20.2 Å². The molecule has 0 aliphatic carbocycles. The maximum absolute atomic E-state index is 8.76. The van der Waals surface area contributed by atoms with Crippen LogP contribution in [0.15, 0.2) is 20.9 Å². The van der Waals surface area contributed by atoms with E-state index in [0.717, 1.165) is 17.5 Å². The van der Waals surface area contributed by atoms with E-state index in [1.54, 1.807) is 19.9 Å². The van der Waals surface area contributed by atoms with Crippen LogP contribution in [0.2, 0.25) is 0 Å². The van der Waals surface area contributed by atoms with Crippen molar-refractivity contribution in [1.82, 2.24) is 20.2 Å². The van der Waals surface area contributed by atoms with Gasteiger partial charge in [-0.2, -0.15) is 5.26 Å². The van der Waals surface area contributed by atoms with Crippen molar-refractivity contribution in [2.75, 3.05) is 0 Å². The van der Waals surface area contributed by atoms with E-state index in [1.807, 2.05) is 6.07 Å². The van der Waals surface area contributed by atoms with Crippen molar-refractivity contribution in [2.24, 2.45) is 0 Å². The molecule has 0 atom stereocenters. The van der Waals surface area contributed by atoms with Crippen LogP contribution in [0.5, 0.6) is 0 Å². The van der Waals surface area contributed by atoms with Gasteiger partial charge in [0.05, 0.1) is 0 Å². The molecule has 0 aliphatic rings. The lowest BCUT2D eigenvalue weighted by atomic mass is 10.4. The third-order valence-corrected chi connectivity index (χ3v) is 2.34. The predicted octanol–water partition coefficient (Wildman–Crippen LogP) is 1.50. The van der Waals surface area contributed by atoms with Gasteiger partial charge in [0, 0.05) is 24.4 Å². The van der Waals surface area contributed by atoms with Gasteiger partial charge < -0.3 is 4.42 Å². The second kappa shape index (κ2) is 4.28. The first-order chi connectivity index (χ1) is 7.67. The SMILES string of the molecule is Cc1cc(C#N)nc(Sc2nnc(C)o2)n1. The van der Waals surface area contributed by atoms with Crippen LogP contribution in [0.4, 0.5) is 0 Å². The highest BCUT2D eigenvalue weighted by Crippen LogP contribution is 2.23. The molecule has 0 spiro atoms. The summed E-state index contributed by atoms with van der Waals surface area (Å²) >= 11 is 1.14. The molecule has 0 unspecified atom stereocenters.